The summed E-state index contributed by atoms with van der Waals surface area (Å²) in [6.45, 7) is 0. The van der Waals surface area contributed by atoms with Crippen LogP contribution in [0.5, 0.6) is 0 Å². The van der Waals surface area contributed by atoms with Crippen LogP contribution in [-0.4, -0.2) is 36.7 Å². The van der Waals surface area contributed by atoms with E-state index in [1.54, 1.807) is 12.1 Å². The molecule has 0 atom stereocenters. The lowest BCUT2D eigenvalue weighted by Gasteiger charge is -2.08. The summed E-state index contributed by atoms with van der Waals surface area (Å²) in [5, 5.41) is 17.6. The van der Waals surface area contributed by atoms with Crippen LogP contribution < -0.4 is 16.4 Å². The Morgan fingerprint density at radius 2 is 2.17 bits per heavy atom. The second-order valence-corrected chi connectivity index (χ2v) is 5.37. The Morgan fingerprint density at radius 3 is 2.91 bits per heavy atom. The molecule has 3 heterocycles. The second kappa shape index (κ2) is 5.20. The largest absolute Gasteiger partial charge is 0.382 e. The predicted molar refractivity (Wildman–Crippen MR) is 84.0 cm³/mol. The van der Waals surface area contributed by atoms with Crippen molar-refractivity contribution in [1.82, 2.24) is 24.8 Å². The van der Waals surface area contributed by atoms with Gasteiger partial charge in [0.2, 0.25) is 0 Å². The molecule has 0 aliphatic heterocycles. The first-order chi connectivity index (χ1) is 11.2. The number of rotatable bonds is 4. The highest BCUT2D eigenvalue weighted by Crippen LogP contribution is 2.28. The molecule has 0 aromatic carbocycles. The van der Waals surface area contributed by atoms with Gasteiger partial charge in [0.25, 0.3) is 5.91 Å². The first-order valence-corrected chi connectivity index (χ1v) is 7.19. The van der Waals surface area contributed by atoms with E-state index in [0.717, 1.165) is 18.5 Å². The molecule has 0 unspecified atom stereocenters. The van der Waals surface area contributed by atoms with Gasteiger partial charge >= 0.3 is 0 Å². The number of aromatic nitrogens is 5. The Kier molecular flexibility index (Phi) is 3.04. The number of carbonyl (C=O) groups excluding carboxylic acids is 1. The summed E-state index contributed by atoms with van der Waals surface area (Å²) in [7, 11) is 0. The van der Waals surface area contributed by atoms with Crippen LogP contribution >= 0.6 is 0 Å². The van der Waals surface area contributed by atoms with E-state index in [1.165, 1.54) is 23.1 Å². The van der Waals surface area contributed by atoms with E-state index in [4.69, 9.17) is 5.73 Å². The van der Waals surface area contributed by atoms with E-state index >= 15 is 0 Å². The Hall–Kier alpha value is -3.23. The lowest BCUT2D eigenvalue weighted by Crippen LogP contribution is -2.16. The molecule has 1 aliphatic carbocycles. The molecule has 3 aromatic heterocycles. The van der Waals surface area contributed by atoms with Gasteiger partial charge in [0.05, 0.1) is 30.0 Å². The van der Waals surface area contributed by atoms with Crippen LogP contribution in [-0.2, 0) is 0 Å². The normalized spacial score (nSPS) is 13.9. The fourth-order valence-electron chi connectivity index (χ4n) is 2.26. The topological polar surface area (TPSA) is 123 Å². The number of imidazole rings is 1. The third-order valence-corrected chi connectivity index (χ3v) is 3.50. The Balaban J connectivity index is 1.69. The van der Waals surface area contributed by atoms with E-state index in [1.807, 2.05) is 0 Å². The zero-order valence-corrected chi connectivity index (χ0v) is 12.1. The van der Waals surface area contributed by atoms with Gasteiger partial charge in [-0.15, -0.1) is 5.10 Å². The van der Waals surface area contributed by atoms with Crippen LogP contribution in [0.1, 0.15) is 23.3 Å². The van der Waals surface area contributed by atoms with Crippen molar-refractivity contribution in [2.45, 2.75) is 18.9 Å². The summed E-state index contributed by atoms with van der Waals surface area (Å²) in [6, 6.07) is 3.82. The number of fused-ring (bicyclic) bond motifs is 1. The number of nitrogens with two attached hydrogens (primary N) is 1. The fourth-order valence-corrected chi connectivity index (χ4v) is 2.26. The van der Waals surface area contributed by atoms with Gasteiger partial charge in [0, 0.05) is 12.1 Å². The maximum Gasteiger partial charge on any atom is 0.276 e. The minimum absolute atomic E-state index is 0.294. The highest BCUT2D eigenvalue weighted by atomic mass is 16.2. The Labute approximate surface area is 130 Å². The van der Waals surface area contributed by atoms with Gasteiger partial charge in [-0.3, -0.25) is 4.79 Å². The average molecular weight is 310 g/mol. The first kappa shape index (κ1) is 13.4. The molecular formula is C14H14N8O. The Morgan fingerprint density at radius 1 is 1.30 bits per heavy atom. The monoisotopic (exact) mass is 310 g/mol. The standard InChI is InChI=1S/C14H14N8O/c15-12-5-10(19-8-1-2-8)13-16-7-11(22(13)21-12)14(23)20-9-3-4-17-18-6-9/h3-8,19H,1-2H2,(H2,15,21)(H,17,20,23). The van der Waals surface area contributed by atoms with Crippen molar-refractivity contribution >= 4 is 28.7 Å². The number of nitrogens with zero attached hydrogens (tertiary/aromatic N) is 5. The van der Waals surface area contributed by atoms with Crippen molar-refractivity contribution in [2.24, 2.45) is 0 Å². The van der Waals surface area contributed by atoms with Gasteiger partial charge in [-0.2, -0.15) is 10.2 Å². The predicted octanol–water partition coefficient (Wildman–Crippen LogP) is 0.928. The minimum atomic E-state index is -0.346. The van der Waals surface area contributed by atoms with Crippen molar-refractivity contribution in [3.05, 3.63) is 36.4 Å². The number of hydrogen-bond donors (Lipinski definition) is 3. The molecule has 0 radical (unpaired) electrons. The van der Waals surface area contributed by atoms with Crippen molar-refractivity contribution in [3.63, 3.8) is 0 Å². The summed E-state index contributed by atoms with van der Waals surface area (Å²) in [5.41, 5.74) is 8.04. The summed E-state index contributed by atoms with van der Waals surface area (Å²) in [4.78, 5) is 16.7. The third-order valence-electron chi connectivity index (χ3n) is 3.50. The highest BCUT2D eigenvalue weighted by molar-refractivity contribution is 6.03. The number of hydrogen-bond acceptors (Lipinski definition) is 7. The quantitative estimate of drug-likeness (QED) is 0.655. The molecular weight excluding hydrogens is 296 g/mol. The maximum absolute atomic E-state index is 12.4. The fraction of sp³-hybridized carbons (Fsp3) is 0.214. The molecule has 1 saturated carbocycles. The molecule has 1 amide bonds. The van der Waals surface area contributed by atoms with Crippen LogP contribution in [0.2, 0.25) is 0 Å². The van der Waals surface area contributed by atoms with E-state index < -0.39 is 0 Å². The van der Waals surface area contributed by atoms with Crippen LogP contribution in [0.25, 0.3) is 5.65 Å². The lowest BCUT2D eigenvalue weighted by atomic mass is 10.4. The van der Waals surface area contributed by atoms with Crippen molar-refractivity contribution in [3.8, 4) is 0 Å². The van der Waals surface area contributed by atoms with Gasteiger partial charge in [-0.1, -0.05) is 0 Å². The molecule has 4 N–H and O–H groups in total. The summed E-state index contributed by atoms with van der Waals surface area (Å²) < 4.78 is 1.45. The molecule has 23 heavy (non-hydrogen) atoms. The number of amides is 1. The zero-order chi connectivity index (χ0) is 15.8. The molecule has 3 aromatic rings. The summed E-state index contributed by atoms with van der Waals surface area (Å²) in [6.07, 6.45) is 6.68. The van der Waals surface area contributed by atoms with Gasteiger partial charge in [-0.25, -0.2) is 9.50 Å². The maximum atomic E-state index is 12.4. The minimum Gasteiger partial charge on any atom is -0.382 e. The number of nitrogen functional groups attached to an aromatic ring is 1. The van der Waals surface area contributed by atoms with E-state index in [9.17, 15) is 4.79 Å². The highest BCUT2D eigenvalue weighted by Gasteiger charge is 2.23. The van der Waals surface area contributed by atoms with Crippen LogP contribution in [0.4, 0.5) is 17.2 Å². The van der Waals surface area contributed by atoms with Gasteiger partial charge in [-0.05, 0) is 18.9 Å². The molecule has 9 nitrogen and oxygen atoms in total. The average Bonchev–Trinajstić information content (AvgIpc) is 3.24. The van der Waals surface area contributed by atoms with Gasteiger partial charge < -0.3 is 16.4 Å². The number of anilines is 3. The SMILES string of the molecule is Nc1cc(NC2CC2)c2ncc(C(=O)Nc3ccnnc3)n2n1. The molecule has 116 valence electrons. The number of nitrogens with one attached hydrogen (secondary N) is 2. The first-order valence-electron chi connectivity index (χ1n) is 7.19. The van der Waals surface area contributed by atoms with Crippen molar-refractivity contribution in [2.75, 3.05) is 16.4 Å². The number of carbonyl (C=O) groups is 1. The summed E-state index contributed by atoms with van der Waals surface area (Å²) >= 11 is 0. The van der Waals surface area contributed by atoms with E-state index in [-0.39, 0.29) is 5.91 Å². The van der Waals surface area contributed by atoms with E-state index in [0.29, 0.717) is 28.9 Å². The third kappa shape index (κ3) is 2.63. The van der Waals surface area contributed by atoms with Crippen LogP contribution in [0.3, 0.4) is 0 Å². The van der Waals surface area contributed by atoms with Crippen molar-refractivity contribution < 1.29 is 4.79 Å². The van der Waals surface area contributed by atoms with Gasteiger partial charge in [0.1, 0.15) is 5.82 Å². The zero-order valence-electron chi connectivity index (χ0n) is 12.1. The summed E-state index contributed by atoms with van der Waals surface area (Å²) in [5.74, 6) is -0.0285. The molecule has 1 fully saturated rings. The van der Waals surface area contributed by atoms with Crippen molar-refractivity contribution in [1.29, 1.82) is 0 Å². The van der Waals surface area contributed by atoms with E-state index in [2.05, 4.69) is 30.9 Å². The molecule has 0 bridgehead atoms. The molecule has 0 spiro atoms. The smallest absolute Gasteiger partial charge is 0.276 e. The second-order valence-electron chi connectivity index (χ2n) is 5.37. The molecule has 4 rings (SSSR count). The Bertz CT molecular complexity index is 871. The lowest BCUT2D eigenvalue weighted by molar-refractivity contribution is 0.102. The molecule has 1 aliphatic rings. The molecule has 9 heteroatoms. The van der Waals surface area contributed by atoms with Crippen LogP contribution in [0, 0.1) is 0 Å². The van der Waals surface area contributed by atoms with Crippen LogP contribution in [0.15, 0.2) is 30.7 Å². The van der Waals surface area contributed by atoms with Gasteiger partial charge in [0.15, 0.2) is 11.3 Å². The molecule has 0 saturated heterocycles.